The van der Waals surface area contributed by atoms with Crippen LogP contribution in [0.15, 0.2) is 0 Å². The Hall–Kier alpha value is -0.970. The van der Waals surface area contributed by atoms with Gasteiger partial charge >= 0.3 is 5.97 Å². The zero-order chi connectivity index (χ0) is 39.0. The Morgan fingerprint density at radius 3 is 2.12 bits per heavy atom. The molecular formula is C38H72N2O11. The molecule has 300 valence electrons. The van der Waals surface area contributed by atoms with Crippen LogP contribution < -0.4 is 0 Å². The molecule has 3 rings (SSSR count). The molecule has 3 aliphatic heterocycles. The predicted octanol–water partition coefficient (Wildman–Crippen LogP) is 2.17. The van der Waals surface area contributed by atoms with Crippen molar-refractivity contribution in [2.24, 2.45) is 23.7 Å². The Kier molecular flexibility index (Phi) is 15.0. The van der Waals surface area contributed by atoms with Gasteiger partial charge in [-0.1, -0.05) is 27.7 Å². The van der Waals surface area contributed by atoms with Gasteiger partial charge in [0.25, 0.3) is 0 Å². The van der Waals surface area contributed by atoms with Crippen LogP contribution in [0.3, 0.4) is 0 Å². The highest BCUT2D eigenvalue weighted by Gasteiger charge is 2.55. The van der Waals surface area contributed by atoms with Crippen molar-refractivity contribution >= 4 is 5.97 Å². The summed E-state index contributed by atoms with van der Waals surface area (Å²) in [6.45, 7) is 18.5. The molecule has 3 heterocycles. The molecule has 18 atom stereocenters. The average Bonchev–Trinajstić information content (AvgIpc) is 3.03. The summed E-state index contributed by atoms with van der Waals surface area (Å²) in [5.74, 6) is -2.87. The Morgan fingerprint density at radius 2 is 1.57 bits per heavy atom. The van der Waals surface area contributed by atoms with E-state index in [2.05, 4.69) is 0 Å². The van der Waals surface area contributed by atoms with Crippen LogP contribution in [0.5, 0.6) is 0 Å². The zero-order valence-electron chi connectivity index (χ0n) is 33.8. The highest BCUT2D eigenvalue weighted by atomic mass is 16.7. The number of nitrogens with zero attached hydrogens (tertiary/aromatic N) is 2. The molecule has 0 aromatic rings. The zero-order valence-corrected chi connectivity index (χ0v) is 33.8. The first-order valence-corrected chi connectivity index (χ1v) is 19.0. The minimum Gasteiger partial charge on any atom is -0.459 e. The van der Waals surface area contributed by atoms with Crippen molar-refractivity contribution in [3.8, 4) is 0 Å². The smallest absolute Gasteiger partial charge is 0.309 e. The molecule has 0 amide bonds. The Morgan fingerprint density at radius 1 is 0.961 bits per heavy atom. The summed E-state index contributed by atoms with van der Waals surface area (Å²) in [6.07, 6.45) is -6.51. The molecule has 13 heteroatoms. The maximum Gasteiger partial charge on any atom is 0.309 e. The van der Waals surface area contributed by atoms with E-state index in [4.69, 9.17) is 23.7 Å². The monoisotopic (exact) mass is 733 g/mol. The number of hydrogen-bond acceptors (Lipinski definition) is 13. The molecule has 0 aromatic carbocycles. The van der Waals surface area contributed by atoms with E-state index in [0.717, 1.165) is 0 Å². The summed E-state index contributed by atoms with van der Waals surface area (Å²) in [4.78, 5) is 18.2. The third-order valence-corrected chi connectivity index (χ3v) is 12.6. The number of carbonyl (C=O) groups excluding carboxylic acids is 1. The van der Waals surface area contributed by atoms with Crippen molar-refractivity contribution in [1.82, 2.24) is 9.80 Å². The SMILES string of the molecule is CC[C@H]1OC(=O)[C@H](C)C([C@H]2C[C@@](C)(OC)[C@@H](O)[C@H](C)O2)[C@H](C)[C@@H](O[C@@H]2O[C@H](C)C[C@H](N(C)C)[C@H]2O)[C@](C)(O)C[C@@H](C)CN(C)[C@H](C)[C@@H](O)[C@]1(C)O. The van der Waals surface area contributed by atoms with E-state index in [1.54, 1.807) is 27.7 Å². The van der Waals surface area contributed by atoms with Gasteiger partial charge in [0.1, 0.15) is 30.0 Å². The number of likely N-dealkylation sites (N-methyl/N-ethyl adjacent to an activating group) is 2. The average molecular weight is 733 g/mol. The fourth-order valence-electron chi connectivity index (χ4n) is 9.28. The number of carbonyl (C=O) groups is 1. The lowest BCUT2D eigenvalue weighted by molar-refractivity contribution is -0.302. The van der Waals surface area contributed by atoms with Gasteiger partial charge in [0.2, 0.25) is 0 Å². The lowest BCUT2D eigenvalue weighted by Gasteiger charge is -2.51. The first-order chi connectivity index (χ1) is 23.4. The van der Waals surface area contributed by atoms with Crippen LogP contribution in [0, 0.1) is 23.7 Å². The fraction of sp³-hybridized carbons (Fsp3) is 0.974. The first-order valence-electron chi connectivity index (χ1n) is 19.0. The van der Waals surface area contributed by atoms with Gasteiger partial charge in [-0.15, -0.1) is 0 Å². The van der Waals surface area contributed by atoms with E-state index in [-0.39, 0.29) is 37.3 Å². The molecule has 13 nitrogen and oxygen atoms in total. The van der Waals surface area contributed by atoms with Gasteiger partial charge in [-0.2, -0.15) is 0 Å². The molecule has 51 heavy (non-hydrogen) atoms. The Balaban J connectivity index is 2.23. The number of ether oxygens (including phenoxy) is 5. The van der Waals surface area contributed by atoms with E-state index in [0.29, 0.717) is 13.0 Å². The van der Waals surface area contributed by atoms with Crippen LogP contribution in [0.25, 0.3) is 0 Å². The maximum atomic E-state index is 14.3. The van der Waals surface area contributed by atoms with E-state index in [9.17, 15) is 30.3 Å². The summed E-state index contributed by atoms with van der Waals surface area (Å²) in [6, 6.07) is -0.774. The Bertz CT molecular complexity index is 1130. The number of hydrogen-bond donors (Lipinski definition) is 5. The van der Waals surface area contributed by atoms with Gasteiger partial charge in [-0.05, 0) is 93.8 Å². The van der Waals surface area contributed by atoms with Crippen LogP contribution >= 0.6 is 0 Å². The van der Waals surface area contributed by atoms with Crippen LogP contribution in [0.2, 0.25) is 0 Å². The van der Waals surface area contributed by atoms with Gasteiger partial charge in [-0.25, -0.2) is 0 Å². The van der Waals surface area contributed by atoms with Crippen molar-refractivity contribution in [2.45, 2.75) is 179 Å². The van der Waals surface area contributed by atoms with Crippen molar-refractivity contribution in [1.29, 1.82) is 0 Å². The van der Waals surface area contributed by atoms with Crippen molar-refractivity contribution in [3.05, 3.63) is 0 Å². The molecule has 0 bridgehead atoms. The molecule has 3 aliphatic rings. The van der Waals surface area contributed by atoms with Crippen LogP contribution in [-0.2, 0) is 28.5 Å². The number of rotatable bonds is 6. The van der Waals surface area contributed by atoms with E-state index in [1.807, 2.05) is 65.6 Å². The van der Waals surface area contributed by atoms with E-state index < -0.39 is 95.6 Å². The third-order valence-electron chi connectivity index (χ3n) is 12.6. The first kappa shape index (κ1) is 44.4. The minimum atomic E-state index is -1.78. The molecule has 3 saturated heterocycles. The van der Waals surface area contributed by atoms with Crippen LogP contribution in [0.1, 0.15) is 94.9 Å². The second-order valence-electron chi connectivity index (χ2n) is 17.3. The van der Waals surface area contributed by atoms with Gasteiger partial charge in [0.05, 0.1) is 41.5 Å². The van der Waals surface area contributed by atoms with E-state index >= 15 is 0 Å². The topological polar surface area (TPSA) is 171 Å². The van der Waals surface area contributed by atoms with Crippen molar-refractivity contribution in [2.75, 3.05) is 34.8 Å². The molecule has 1 unspecified atom stereocenters. The van der Waals surface area contributed by atoms with Gasteiger partial charge < -0.3 is 59.0 Å². The molecule has 0 radical (unpaired) electrons. The van der Waals surface area contributed by atoms with Gasteiger partial charge in [-0.3, -0.25) is 4.79 Å². The number of cyclic esters (lactones) is 1. The molecule has 0 spiro atoms. The molecule has 0 aliphatic carbocycles. The van der Waals surface area contributed by atoms with Gasteiger partial charge in [0.15, 0.2) is 6.29 Å². The van der Waals surface area contributed by atoms with Crippen molar-refractivity contribution < 1.29 is 54.0 Å². The molecule has 3 fully saturated rings. The lowest BCUT2D eigenvalue weighted by Crippen LogP contribution is -2.61. The lowest BCUT2D eigenvalue weighted by atomic mass is 9.68. The summed E-state index contributed by atoms with van der Waals surface area (Å²) in [7, 11) is 7.19. The molecular weight excluding hydrogens is 660 g/mol. The Labute approximate surface area is 306 Å². The largest absolute Gasteiger partial charge is 0.459 e. The molecule has 0 saturated carbocycles. The number of esters is 1. The standard InChI is InChI=1S/C38H72N2O11/c1-15-28-38(10,46)31(42)24(6)40(13)19-20(2)17-36(8,45)33(51-35-30(41)26(39(11)12)16-21(3)48-35)22(4)29(23(5)34(44)50-28)27-18-37(9,47-14)32(43)25(7)49-27/h20-33,35,41-43,45-46H,15-19H2,1-14H3/t20-,21-,22+,23-,24-,25+,26+,27-,28-,29?,30-,31-,32+,33-,35+,36-,37-,38-/m1/s1. The second kappa shape index (κ2) is 17.2. The second-order valence-corrected chi connectivity index (χ2v) is 17.3. The summed E-state index contributed by atoms with van der Waals surface area (Å²) in [5.41, 5.74) is -4.29. The fourth-order valence-corrected chi connectivity index (χ4v) is 9.28. The number of methoxy groups -OCH3 is 1. The summed E-state index contributed by atoms with van der Waals surface area (Å²) < 4.78 is 31.5. The molecule has 0 aromatic heterocycles. The minimum absolute atomic E-state index is 0.118. The highest BCUT2D eigenvalue weighted by Crippen LogP contribution is 2.44. The quantitative estimate of drug-likeness (QED) is 0.252. The van der Waals surface area contributed by atoms with E-state index in [1.165, 1.54) is 14.0 Å². The predicted molar refractivity (Wildman–Crippen MR) is 193 cm³/mol. The number of aliphatic hydroxyl groups excluding tert-OH is 3. The van der Waals surface area contributed by atoms with Crippen LogP contribution in [0.4, 0.5) is 0 Å². The normalized spacial score (nSPS) is 50.4. The summed E-state index contributed by atoms with van der Waals surface area (Å²) >= 11 is 0. The number of aliphatic hydroxyl groups is 5. The van der Waals surface area contributed by atoms with Gasteiger partial charge in [0, 0.05) is 38.1 Å². The highest BCUT2D eigenvalue weighted by molar-refractivity contribution is 5.73. The third kappa shape index (κ3) is 9.65. The summed E-state index contributed by atoms with van der Waals surface area (Å²) in [5, 5.41) is 58.5. The maximum absolute atomic E-state index is 14.3. The van der Waals surface area contributed by atoms with Crippen molar-refractivity contribution in [3.63, 3.8) is 0 Å². The molecule has 5 N–H and O–H groups in total. The van der Waals surface area contributed by atoms with Crippen LogP contribution in [-0.4, -0.2) is 160 Å².